The molecule has 1 aliphatic rings. The standard InChI is InChI=1S/C30H46N4O4/c1-8-9-10-11-15-31-27(35)17-22(21-18-30(21,4)5)32-29(36)23-16-24(34(33-23)19-20(2)3)28-25(37-6)13-12-14-26(28)38-7/h12-14,16,20-22H,8-11,15,17-19H2,1-7H3,(H,31,35)(H,32,36)/t21?,22-/m1/s1. The summed E-state index contributed by atoms with van der Waals surface area (Å²) in [5.74, 6) is 1.57. The van der Waals surface area contributed by atoms with Crippen molar-refractivity contribution in [2.45, 2.75) is 85.7 Å². The molecule has 0 bridgehead atoms. The fourth-order valence-electron chi connectivity index (χ4n) is 5.10. The maximum atomic E-state index is 13.5. The lowest BCUT2D eigenvalue weighted by Gasteiger charge is -2.20. The van der Waals surface area contributed by atoms with Crippen molar-refractivity contribution < 1.29 is 19.1 Å². The van der Waals surface area contributed by atoms with E-state index in [2.05, 4.69) is 45.3 Å². The Bertz CT molecular complexity index is 1070. The molecule has 1 fully saturated rings. The van der Waals surface area contributed by atoms with E-state index in [0.717, 1.165) is 36.9 Å². The number of unbranched alkanes of at least 4 members (excludes halogenated alkanes) is 3. The molecule has 3 rings (SSSR count). The first-order valence-corrected chi connectivity index (χ1v) is 14.0. The van der Waals surface area contributed by atoms with Crippen LogP contribution in [0.25, 0.3) is 11.3 Å². The minimum atomic E-state index is -0.272. The number of carbonyl (C=O) groups excluding carboxylic acids is 2. The van der Waals surface area contributed by atoms with Crippen LogP contribution >= 0.6 is 0 Å². The minimum Gasteiger partial charge on any atom is -0.496 e. The van der Waals surface area contributed by atoms with Gasteiger partial charge >= 0.3 is 0 Å². The van der Waals surface area contributed by atoms with Gasteiger partial charge in [0, 0.05) is 25.6 Å². The summed E-state index contributed by atoms with van der Waals surface area (Å²) >= 11 is 0. The quantitative estimate of drug-likeness (QED) is 0.301. The van der Waals surface area contributed by atoms with Gasteiger partial charge in [-0.25, -0.2) is 0 Å². The Hall–Kier alpha value is -3.03. The second-order valence-electron chi connectivity index (χ2n) is 11.5. The Morgan fingerprint density at radius 1 is 1.13 bits per heavy atom. The van der Waals surface area contributed by atoms with Crippen LogP contribution < -0.4 is 20.1 Å². The predicted octanol–water partition coefficient (Wildman–Crippen LogP) is 5.45. The van der Waals surface area contributed by atoms with Crippen LogP contribution in [0.3, 0.4) is 0 Å². The number of methoxy groups -OCH3 is 2. The van der Waals surface area contributed by atoms with Gasteiger partial charge in [0.15, 0.2) is 5.69 Å². The second kappa shape index (κ2) is 13.2. The van der Waals surface area contributed by atoms with Gasteiger partial charge in [0.1, 0.15) is 11.5 Å². The topological polar surface area (TPSA) is 94.5 Å². The molecule has 1 heterocycles. The molecular weight excluding hydrogens is 480 g/mol. The van der Waals surface area contributed by atoms with E-state index < -0.39 is 0 Å². The van der Waals surface area contributed by atoms with Crippen molar-refractivity contribution in [3.05, 3.63) is 30.0 Å². The third-order valence-electron chi connectivity index (χ3n) is 7.38. The van der Waals surface area contributed by atoms with E-state index in [-0.39, 0.29) is 35.6 Å². The van der Waals surface area contributed by atoms with E-state index in [0.29, 0.717) is 36.2 Å². The van der Waals surface area contributed by atoms with Gasteiger partial charge in [0.05, 0.1) is 25.5 Å². The van der Waals surface area contributed by atoms with Gasteiger partial charge in [-0.1, -0.05) is 59.9 Å². The van der Waals surface area contributed by atoms with Gasteiger partial charge in [0.2, 0.25) is 5.91 Å². The number of nitrogens with one attached hydrogen (secondary N) is 2. The van der Waals surface area contributed by atoms with Crippen molar-refractivity contribution in [3.8, 4) is 22.8 Å². The number of carbonyl (C=O) groups is 2. The van der Waals surface area contributed by atoms with E-state index in [4.69, 9.17) is 14.6 Å². The van der Waals surface area contributed by atoms with E-state index in [1.807, 2.05) is 22.9 Å². The van der Waals surface area contributed by atoms with Gasteiger partial charge in [-0.05, 0) is 48.3 Å². The number of aromatic nitrogens is 2. The van der Waals surface area contributed by atoms with Crippen molar-refractivity contribution in [3.63, 3.8) is 0 Å². The molecule has 2 amide bonds. The smallest absolute Gasteiger partial charge is 0.272 e. The van der Waals surface area contributed by atoms with Gasteiger partial charge in [-0.3, -0.25) is 14.3 Å². The van der Waals surface area contributed by atoms with Crippen LogP contribution in [-0.4, -0.2) is 48.4 Å². The molecule has 1 aromatic carbocycles. The first kappa shape index (κ1) is 29.5. The zero-order chi connectivity index (χ0) is 27.9. The Morgan fingerprint density at radius 3 is 2.34 bits per heavy atom. The molecule has 0 spiro atoms. The molecule has 0 saturated heterocycles. The summed E-state index contributed by atoms with van der Waals surface area (Å²) in [6, 6.07) is 7.16. The summed E-state index contributed by atoms with van der Waals surface area (Å²) in [5, 5.41) is 10.9. The van der Waals surface area contributed by atoms with Crippen molar-refractivity contribution in [2.24, 2.45) is 17.3 Å². The lowest BCUT2D eigenvalue weighted by Crippen LogP contribution is -2.41. The number of amides is 2. The van der Waals surface area contributed by atoms with E-state index >= 15 is 0 Å². The molecule has 210 valence electrons. The van der Waals surface area contributed by atoms with Crippen molar-refractivity contribution in [1.82, 2.24) is 20.4 Å². The third-order valence-corrected chi connectivity index (χ3v) is 7.38. The van der Waals surface area contributed by atoms with E-state index in [9.17, 15) is 9.59 Å². The number of ether oxygens (including phenoxy) is 2. The van der Waals surface area contributed by atoms with Crippen LogP contribution in [0.2, 0.25) is 0 Å². The first-order valence-electron chi connectivity index (χ1n) is 14.0. The molecule has 1 saturated carbocycles. The number of hydrogen-bond acceptors (Lipinski definition) is 5. The van der Waals surface area contributed by atoms with Gasteiger partial charge in [0.25, 0.3) is 5.91 Å². The summed E-state index contributed by atoms with van der Waals surface area (Å²) in [6.07, 6.45) is 5.69. The van der Waals surface area contributed by atoms with Crippen molar-refractivity contribution >= 4 is 11.8 Å². The Kier molecular flexibility index (Phi) is 10.2. The lowest BCUT2D eigenvalue weighted by molar-refractivity contribution is -0.121. The van der Waals surface area contributed by atoms with Crippen LogP contribution in [0.5, 0.6) is 11.5 Å². The van der Waals surface area contributed by atoms with Crippen molar-refractivity contribution in [2.75, 3.05) is 20.8 Å². The van der Waals surface area contributed by atoms with Crippen LogP contribution in [0.15, 0.2) is 24.3 Å². The largest absolute Gasteiger partial charge is 0.496 e. The summed E-state index contributed by atoms with van der Waals surface area (Å²) in [7, 11) is 3.23. The maximum Gasteiger partial charge on any atom is 0.272 e. The summed E-state index contributed by atoms with van der Waals surface area (Å²) in [5.41, 5.74) is 1.93. The number of benzene rings is 1. The van der Waals surface area contributed by atoms with Gasteiger partial charge < -0.3 is 20.1 Å². The molecule has 1 aliphatic carbocycles. The molecule has 8 nitrogen and oxygen atoms in total. The zero-order valence-corrected chi connectivity index (χ0v) is 24.2. The highest BCUT2D eigenvalue weighted by Crippen LogP contribution is 2.54. The van der Waals surface area contributed by atoms with Gasteiger partial charge in [-0.15, -0.1) is 0 Å². The van der Waals surface area contributed by atoms with Crippen molar-refractivity contribution in [1.29, 1.82) is 0 Å². The Morgan fingerprint density at radius 2 is 1.79 bits per heavy atom. The Balaban J connectivity index is 1.82. The number of nitrogens with zero attached hydrogens (tertiary/aromatic N) is 2. The van der Waals surface area contributed by atoms with E-state index in [1.165, 1.54) is 6.42 Å². The highest BCUT2D eigenvalue weighted by molar-refractivity contribution is 5.94. The fraction of sp³-hybridized carbons (Fsp3) is 0.633. The monoisotopic (exact) mass is 526 g/mol. The highest BCUT2D eigenvalue weighted by atomic mass is 16.5. The van der Waals surface area contributed by atoms with E-state index in [1.54, 1.807) is 20.3 Å². The van der Waals surface area contributed by atoms with Crippen LogP contribution in [0.4, 0.5) is 0 Å². The molecule has 1 unspecified atom stereocenters. The number of rotatable bonds is 15. The van der Waals surface area contributed by atoms with Gasteiger partial charge in [-0.2, -0.15) is 5.10 Å². The highest BCUT2D eigenvalue weighted by Gasteiger charge is 2.51. The molecule has 8 heteroatoms. The minimum absolute atomic E-state index is 0.0146. The third kappa shape index (κ3) is 7.51. The molecule has 38 heavy (non-hydrogen) atoms. The molecule has 0 aliphatic heterocycles. The molecule has 1 aromatic heterocycles. The molecule has 2 N–H and O–H groups in total. The summed E-state index contributed by atoms with van der Waals surface area (Å²) in [4.78, 5) is 26.3. The average Bonchev–Trinajstić information content (AvgIpc) is 3.32. The Labute approximate surface area is 227 Å². The second-order valence-corrected chi connectivity index (χ2v) is 11.5. The lowest BCUT2D eigenvalue weighted by atomic mass is 10.0. The predicted molar refractivity (Wildman–Crippen MR) is 151 cm³/mol. The maximum absolute atomic E-state index is 13.5. The normalized spacial score (nSPS) is 16.7. The fourth-order valence-corrected chi connectivity index (χ4v) is 5.10. The first-order chi connectivity index (χ1) is 18.1. The van der Waals surface area contributed by atoms with Crippen LogP contribution in [-0.2, 0) is 11.3 Å². The molecule has 2 aromatic rings. The SMILES string of the molecule is CCCCCCNC(=O)C[C@@H](NC(=O)c1cc(-c2c(OC)cccc2OC)n(CC(C)C)n1)C1CC1(C)C. The molecule has 0 radical (unpaired) electrons. The summed E-state index contributed by atoms with van der Waals surface area (Å²) in [6.45, 7) is 12.1. The molecular formula is C30H46N4O4. The van der Waals surface area contributed by atoms with Crippen LogP contribution in [0, 0.1) is 17.3 Å². The average molecular weight is 527 g/mol. The molecule has 2 atom stereocenters. The van der Waals surface area contributed by atoms with Crippen LogP contribution in [0.1, 0.15) is 83.6 Å². The number of hydrogen-bond donors (Lipinski definition) is 2. The zero-order valence-electron chi connectivity index (χ0n) is 24.2. The summed E-state index contributed by atoms with van der Waals surface area (Å²) < 4.78 is 13.1.